The summed E-state index contributed by atoms with van der Waals surface area (Å²) < 4.78 is 38.3. The Morgan fingerprint density at radius 2 is 2.04 bits per heavy atom. The maximum atomic E-state index is 12.8. The van der Waals surface area contributed by atoms with E-state index in [1.165, 1.54) is 12.1 Å². The number of rotatable bonds is 3. The topological polar surface area (TPSA) is 98.3 Å². The number of hydrogen-bond acceptors (Lipinski definition) is 4. The highest BCUT2D eigenvalue weighted by molar-refractivity contribution is 5.95. The van der Waals surface area contributed by atoms with E-state index in [0.717, 1.165) is 6.07 Å². The summed E-state index contributed by atoms with van der Waals surface area (Å²) in [6.07, 6.45) is -3.56. The molecule has 0 radical (unpaired) electrons. The van der Waals surface area contributed by atoms with Gasteiger partial charge in [-0.1, -0.05) is 6.42 Å². The fourth-order valence-corrected chi connectivity index (χ4v) is 2.73. The number of nitro groups is 1. The molecule has 1 fully saturated rings. The minimum absolute atomic E-state index is 0.0000298. The molecule has 1 aromatic carbocycles. The van der Waals surface area contributed by atoms with Crippen LogP contribution in [-0.2, 0) is 0 Å². The number of nitrogens with zero attached hydrogens (tertiary/aromatic N) is 1. The van der Waals surface area contributed by atoms with Crippen molar-refractivity contribution in [1.82, 2.24) is 5.32 Å². The maximum absolute atomic E-state index is 12.8. The summed E-state index contributed by atoms with van der Waals surface area (Å²) in [6.45, 7) is 0. The zero-order valence-electron chi connectivity index (χ0n) is 12.1. The summed E-state index contributed by atoms with van der Waals surface area (Å²) in [5.41, 5.74) is 4.95. The second kappa shape index (κ2) is 6.43. The first-order valence-electron chi connectivity index (χ1n) is 7.10. The first kappa shape index (κ1) is 17.0. The zero-order valence-corrected chi connectivity index (χ0v) is 12.1. The van der Waals surface area contributed by atoms with Crippen LogP contribution < -0.4 is 11.1 Å². The number of nitro benzene ring substituents is 1. The third-order valence-corrected chi connectivity index (χ3v) is 3.96. The number of halogens is 3. The summed E-state index contributed by atoms with van der Waals surface area (Å²) >= 11 is 0. The van der Waals surface area contributed by atoms with Gasteiger partial charge in [-0.05, 0) is 31.4 Å². The van der Waals surface area contributed by atoms with E-state index < -0.39 is 34.7 Å². The smallest absolute Gasteiger partial charge is 0.391 e. The van der Waals surface area contributed by atoms with E-state index in [1.807, 2.05) is 0 Å². The van der Waals surface area contributed by atoms with E-state index in [9.17, 15) is 28.1 Å². The quantitative estimate of drug-likeness (QED) is 0.505. The molecule has 126 valence electrons. The van der Waals surface area contributed by atoms with Gasteiger partial charge in [-0.3, -0.25) is 14.9 Å². The number of alkyl halides is 3. The number of nitrogens with two attached hydrogens (primary N) is 1. The third-order valence-electron chi connectivity index (χ3n) is 3.96. The molecule has 0 bridgehead atoms. The maximum Gasteiger partial charge on any atom is 0.391 e. The predicted molar refractivity (Wildman–Crippen MR) is 76.8 cm³/mol. The molecule has 1 amide bonds. The van der Waals surface area contributed by atoms with Gasteiger partial charge in [-0.2, -0.15) is 13.2 Å². The van der Waals surface area contributed by atoms with Gasteiger partial charge >= 0.3 is 6.18 Å². The second-order valence-corrected chi connectivity index (χ2v) is 5.61. The van der Waals surface area contributed by atoms with Crippen LogP contribution in [0.3, 0.4) is 0 Å². The lowest BCUT2D eigenvalue weighted by Crippen LogP contribution is -2.41. The van der Waals surface area contributed by atoms with Crippen molar-refractivity contribution in [3.05, 3.63) is 33.9 Å². The van der Waals surface area contributed by atoms with Crippen molar-refractivity contribution in [2.75, 3.05) is 5.73 Å². The largest absolute Gasteiger partial charge is 0.393 e. The lowest BCUT2D eigenvalue weighted by Gasteiger charge is -2.31. The SMILES string of the molecule is Nc1ccc(C(=O)N[C@@H]2CCC[C@@H](C(F)(F)F)C2)cc1[N+](=O)[O-]. The number of nitrogens with one attached hydrogen (secondary N) is 1. The standard InChI is InChI=1S/C14H16F3N3O3/c15-14(16,17)9-2-1-3-10(7-9)19-13(21)8-4-5-11(18)12(6-8)20(22)23/h4-6,9-10H,1-3,7,18H2,(H,19,21)/t9-,10-/m1/s1. The number of hydrogen-bond donors (Lipinski definition) is 2. The molecule has 9 heteroatoms. The lowest BCUT2D eigenvalue weighted by molar-refractivity contribution is -0.383. The van der Waals surface area contributed by atoms with E-state index in [2.05, 4.69) is 5.32 Å². The van der Waals surface area contributed by atoms with Crippen molar-refractivity contribution >= 4 is 17.3 Å². The Hall–Kier alpha value is -2.32. The number of amides is 1. The molecule has 0 unspecified atom stereocenters. The van der Waals surface area contributed by atoms with Crippen LogP contribution in [-0.4, -0.2) is 23.0 Å². The van der Waals surface area contributed by atoms with Crippen LogP contribution >= 0.6 is 0 Å². The minimum atomic E-state index is -4.27. The molecule has 0 aliphatic heterocycles. The van der Waals surface area contributed by atoms with Crippen LogP contribution in [0.15, 0.2) is 18.2 Å². The van der Waals surface area contributed by atoms with Gasteiger partial charge < -0.3 is 11.1 Å². The molecule has 1 aliphatic rings. The molecule has 1 aliphatic carbocycles. The van der Waals surface area contributed by atoms with Gasteiger partial charge in [0.2, 0.25) is 0 Å². The molecule has 1 saturated carbocycles. The average Bonchev–Trinajstić information content (AvgIpc) is 2.46. The zero-order chi connectivity index (χ0) is 17.2. The molecule has 1 aromatic rings. The number of benzene rings is 1. The first-order valence-corrected chi connectivity index (χ1v) is 7.10. The molecular weight excluding hydrogens is 315 g/mol. The fourth-order valence-electron chi connectivity index (χ4n) is 2.73. The highest BCUT2D eigenvalue weighted by atomic mass is 19.4. The van der Waals surface area contributed by atoms with Crippen LogP contribution in [0.1, 0.15) is 36.0 Å². The molecule has 0 saturated heterocycles. The minimum Gasteiger partial charge on any atom is -0.393 e. The van der Waals surface area contributed by atoms with Crippen molar-refractivity contribution in [2.45, 2.75) is 37.9 Å². The lowest BCUT2D eigenvalue weighted by atomic mass is 9.85. The third kappa shape index (κ3) is 4.11. The summed E-state index contributed by atoms with van der Waals surface area (Å²) in [6, 6.07) is 2.96. The Morgan fingerprint density at radius 1 is 1.35 bits per heavy atom. The number of carbonyl (C=O) groups excluding carboxylic acids is 1. The Kier molecular flexibility index (Phi) is 4.76. The Morgan fingerprint density at radius 3 is 2.65 bits per heavy atom. The normalized spacial score (nSPS) is 21.7. The molecule has 2 rings (SSSR count). The van der Waals surface area contributed by atoms with Crippen molar-refractivity contribution in [2.24, 2.45) is 5.92 Å². The number of nitrogen functional groups attached to an aromatic ring is 1. The number of carbonyl (C=O) groups is 1. The molecule has 6 nitrogen and oxygen atoms in total. The van der Waals surface area contributed by atoms with Crippen LogP contribution in [0, 0.1) is 16.0 Å². The van der Waals surface area contributed by atoms with Crippen LogP contribution in [0.4, 0.5) is 24.5 Å². The predicted octanol–water partition coefficient (Wildman–Crippen LogP) is 3.03. The van der Waals surface area contributed by atoms with Gasteiger partial charge in [-0.25, -0.2) is 0 Å². The van der Waals surface area contributed by atoms with Gasteiger partial charge in [-0.15, -0.1) is 0 Å². The molecule has 0 aromatic heterocycles. The summed E-state index contributed by atoms with van der Waals surface area (Å²) in [5.74, 6) is -2.07. The molecule has 0 heterocycles. The van der Waals surface area contributed by atoms with Crippen LogP contribution in [0.2, 0.25) is 0 Å². The monoisotopic (exact) mass is 331 g/mol. The molecule has 2 atom stereocenters. The summed E-state index contributed by atoms with van der Waals surface area (Å²) in [5, 5.41) is 13.3. The summed E-state index contributed by atoms with van der Waals surface area (Å²) in [4.78, 5) is 22.2. The number of anilines is 1. The van der Waals surface area contributed by atoms with Crippen LogP contribution in [0.25, 0.3) is 0 Å². The van der Waals surface area contributed by atoms with E-state index >= 15 is 0 Å². The van der Waals surface area contributed by atoms with Gasteiger partial charge in [0.25, 0.3) is 11.6 Å². The molecular formula is C14H16F3N3O3. The van der Waals surface area contributed by atoms with E-state index in [1.54, 1.807) is 0 Å². The molecule has 0 spiro atoms. The first-order chi connectivity index (χ1) is 10.7. The van der Waals surface area contributed by atoms with Gasteiger partial charge in [0, 0.05) is 17.7 Å². The highest BCUT2D eigenvalue weighted by Gasteiger charge is 2.42. The van der Waals surface area contributed by atoms with Crippen LogP contribution in [0.5, 0.6) is 0 Å². The summed E-state index contributed by atoms with van der Waals surface area (Å²) in [7, 11) is 0. The second-order valence-electron chi connectivity index (χ2n) is 5.61. The van der Waals surface area contributed by atoms with Crippen molar-refractivity contribution in [3.8, 4) is 0 Å². The van der Waals surface area contributed by atoms with Gasteiger partial charge in [0.05, 0.1) is 10.8 Å². The van der Waals surface area contributed by atoms with Crippen molar-refractivity contribution < 1.29 is 22.9 Å². The van der Waals surface area contributed by atoms with E-state index in [4.69, 9.17) is 5.73 Å². The Labute approximate surface area is 130 Å². The van der Waals surface area contributed by atoms with Gasteiger partial charge in [0.15, 0.2) is 0 Å². The average molecular weight is 331 g/mol. The van der Waals surface area contributed by atoms with Gasteiger partial charge in [0.1, 0.15) is 5.69 Å². The molecule has 3 N–H and O–H groups in total. The Balaban J connectivity index is 2.07. The Bertz CT molecular complexity index is 619. The van der Waals surface area contributed by atoms with E-state index in [-0.39, 0.29) is 24.1 Å². The van der Waals surface area contributed by atoms with Crippen molar-refractivity contribution in [1.29, 1.82) is 0 Å². The van der Waals surface area contributed by atoms with Crippen molar-refractivity contribution in [3.63, 3.8) is 0 Å². The molecule has 23 heavy (non-hydrogen) atoms. The highest BCUT2D eigenvalue weighted by Crippen LogP contribution is 2.37. The van der Waals surface area contributed by atoms with E-state index in [0.29, 0.717) is 12.8 Å². The fraction of sp³-hybridized carbons (Fsp3) is 0.500.